The Kier molecular flexibility index (Phi) is 4.41. The molecule has 78 valence electrons. The number of anilines is 1. The number of hydrogen-bond acceptors (Lipinski definition) is 3. The molecule has 0 bridgehead atoms. The molecule has 0 saturated carbocycles. The van der Waals surface area contributed by atoms with Crippen molar-refractivity contribution in [3.8, 4) is 0 Å². The molecule has 7 heteroatoms. The molecule has 0 unspecified atom stereocenters. The van der Waals surface area contributed by atoms with Crippen LogP contribution < -0.4 is 5.73 Å². The van der Waals surface area contributed by atoms with Crippen LogP contribution in [0.3, 0.4) is 0 Å². The molecule has 1 aromatic heterocycles. The summed E-state index contributed by atoms with van der Waals surface area (Å²) in [6, 6.07) is 2.01. The van der Waals surface area contributed by atoms with Gasteiger partial charge in [0.25, 0.3) is 6.47 Å². The molecule has 14 heavy (non-hydrogen) atoms. The predicted octanol–water partition coefficient (Wildman–Crippen LogP) is 1.38. The number of carboxylic acid groups (broad SMARTS) is 1. The third-order valence-electron chi connectivity index (χ3n) is 1.11. The van der Waals surface area contributed by atoms with Gasteiger partial charge in [-0.1, -0.05) is 0 Å². The van der Waals surface area contributed by atoms with Crippen LogP contribution in [0.1, 0.15) is 5.56 Å². The predicted molar refractivity (Wildman–Crippen MR) is 42.3 cm³/mol. The molecule has 0 fully saturated rings. The molecule has 0 amide bonds. The molecule has 3 N–H and O–H groups in total. The van der Waals surface area contributed by atoms with Gasteiger partial charge in [0.05, 0.1) is 5.56 Å². The maximum absolute atomic E-state index is 11.8. The molecule has 0 aliphatic rings. The van der Waals surface area contributed by atoms with E-state index in [1.54, 1.807) is 0 Å². The second kappa shape index (κ2) is 5.05. The summed E-state index contributed by atoms with van der Waals surface area (Å²) >= 11 is 0. The van der Waals surface area contributed by atoms with Crippen LogP contribution in [0.4, 0.5) is 19.0 Å². The number of carbonyl (C=O) groups is 1. The first-order chi connectivity index (χ1) is 6.41. The summed E-state index contributed by atoms with van der Waals surface area (Å²) in [4.78, 5) is 11.7. The Labute approximate surface area is 77.2 Å². The van der Waals surface area contributed by atoms with E-state index in [1.807, 2.05) is 0 Å². The summed E-state index contributed by atoms with van der Waals surface area (Å²) < 4.78 is 35.5. The molecule has 0 aromatic carbocycles. The van der Waals surface area contributed by atoms with Crippen molar-refractivity contribution in [3.63, 3.8) is 0 Å². The van der Waals surface area contributed by atoms with Crippen LogP contribution in [-0.2, 0) is 11.0 Å². The van der Waals surface area contributed by atoms with Gasteiger partial charge in [-0.3, -0.25) is 4.79 Å². The lowest BCUT2D eigenvalue weighted by Crippen LogP contribution is -2.05. The average Bonchev–Trinajstić information content (AvgIpc) is 2.04. The number of rotatable bonds is 0. The van der Waals surface area contributed by atoms with E-state index in [1.165, 1.54) is 0 Å². The van der Waals surface area contributed by atoms with Crippen molar-refractivity contribution in [1.82, 2.24) is 4.98 Å². The zero-order chi connectivity index (χ0) is 11.2. The third kappa shape index (κ3) is 4.29. The molecule has 1 aromatic rings. The first kappa shape index (κ1) is 12.2. The second-order valence-corrected chi connectivity index (χ2v) is 2.07. The van der Waals surface area contributed by atoms with Crippen molar-refractivity contribution in [2.24, 2.45) is 0 Å². The topological polar surface area (TPSA) is 76.2 Å². The molecule has 1 heterocycles. The summed E-state index contributed by atoms with van der Waals surface area (Å²) in [5, 5.41) is 6.89. The number of hydrogen-bond donors (Lipinski definition) is 2. The number of aromatic nitrogens is 1. The van der Waals surface area contributed by atoms with E-state index < -0.39 is 11.7 Å². The van der Waals surface area contributed by atoms with Crippen LogP contribution in [0, 0.1) is 0 Å². The van der Waals surface area contributed by atoms with Gasteiger partial charge in [-0.2, -0.15) is 13.2 Å². The number of pyridine rings is 1. The third-order valence-corrected chi connectivity index (χ3v) is 1.11. The van der Waals surface area contributed by atoms with Crippen molar-refractivity contribution < 1.29 is 23.1 Å². The zero-order valence-corrected chi connectivity index (χ0v) is 6.82. The minimum absolute atomic E-state index is 0.0815. The van der Waals surface area contributed by atoms with Gasteiger partial charge in [0, 0.05) is 6.20 Å². The van der Waals surface area contributed by atoms with Crippen molar-refractivity contribution in [3.05, 3.63) is 23.9 Å². The minimum Gasteiger partial charge on any atom is -0.483 e. The lowest BCUT2D eigenvalue weighted by Gasteiger charge is -2.04. The fraction of sp³-hybridized carbons (Fsp3) is 0.143. The van der Waals surface area contributed by atoms with Crippen LogP contribution in [0.2, 0.25) is 0 Å². The van der Waals surface area contributed by atoms with Gasteiger partial charge in [-0.15, -0.1) is 0 Å². The van der Waals surface area contributed by atoms with Gasteiger partial charge in [0.15, 0.2) is 0 Å². The van der Waals surface area contributed by atoms with Crippen molar-refractivity contribution >= 4 is 12.3 Å². The van der Waals surface area contributed by atoms with Crippen molar-refractivity contribution in [2.75, 3.05) is 5.73 Å². The fourth-order valence-electron chi connectivity index (χ4n) is 0.573. The maximum atomic E-state index is 11.8. The van der Waals surface area contributed by atoms with Gasteiger partial charge in [-0.25, -0.2) is 4.98 Å². The monoisotopic (exact) mass is 208 g/mol. The van der Waals surface area contributed by atoms with Crippen LogP contribution in [0.5, 0.6) is 0 Å². The highest BCUT2D eigenvalue weighted by molar-refractivity contribution is 5.32. The highest BCUT2D eigenvalue weighted by Gasteiger charge is 2.30. The lowest BCUT2D eigenvalue weighted by atomic mass is 10.3. The Bertz CT molecular complexity index is 284. The molecule has 0 radical (unpaired) electrons. The van der Waals surface area contributed by atoms with Crippen LogP contribution >= 0.6 is 0 Å². The molecular weight excluding hydrogens is 201 g/mol. The van der Waals surface area contributed by atoms with E-state index in [9.17, 15) is 13.2 Å². The molecule has 0 spiro atoms. The normalized spacial score (nSPS) is 9.93. The van der Waals surface area contributed by atoms with E-state index in [2.05, 4.69) is 4.98 Å². The fourth-order valence-corrected chi connectivity index (χ4v) is 0.573. The Morgan fingerprint density at radius 3 is 2.21 bits per heavy atom. The molecule has 0 saturated heterocycles. The molecular formula is C7H7F3N2O2. The average molecular weight is 208 g/mol. The highest BCUT2D eigenvalue weighted by Crippen LogP contribution is 2.28. The zero-order valence-electron chi connectivity index (χ0n) is 6.82. The summed E-state index contributed by atoms with van der Waals surface area (Å²) in [5.41, 5.74) is 4.31. The van der Waals surface area contributed by atoms with Gasteiger partial charge in [0.1, 0.15) is 5.82 Å². The van der Waals surface area contributed by atoms with Crippen LogP contribution in [-0.4, -0.2) is 16.6 Å². The number of halogens is 3. The molecule has 0 aliphatic heterocycles. The van der Waals surface area contributed by atoms with Gasteiger partial charge in [0.2, 0.25) is 0 Å². The van der Waals surface area contributed by atoms with Crippen molar-refractivity contribution in [2.45, 2.75) is 6.18 Å². The largest absolute Gasteiger partial charge is 0.483 e. The Hall–Kier alpha value is -1.79. The summed E-state index contributed by atoms with van der Waals surface area (Å²) in [5.74, 6) is 0.0815. The Balaban J connectivity index is 0.000000500. The number of nitrogen functional groups attached to an aromatic ring is 1. The van der Waals surface area contributed by atoms with E-state index in [-0.39, 0.29) is 12.3 Å². The Morgan fingerprint density at radius 2 is 1.93 bits per heavy atom. The van der Waals surface area contributed by atoms with E-state index in [0.717, 1.165) is 12.1 Å². The number of nitrogens with two attached hydrogens (primary N) is 1. The summed E-state index contributed by atoms with van der Waals surface area (Å²) in [7, 11) is 0. The van der Waals surface area contributed by atoms with Gasteiger partial charge >= 0.3 is 6.18 Å². The standard InChI is InChI=1S/C6H5F3N2.CH2O2/c7-6(8,9)4-1-2-5(10)11-3-4;2-1-3/h1-3H,(H2,10,11);1H,(H,2,3). The molecule has 0 aliphatic carbocycles. The van der Waals surface area contributed by atoms with Gasteiger partial charge < -0.3 is 10.8 Å². The summed E-state index contributed by atoms with van der Waals surface area (Å²) in [6.45, 7) is -0.250. The molecule has 4 nitrogen and oxygen atoms in total. The highest BCUT2D eigenvalue weighted by atomic mass is 19.4. The van der Waals surface area contributed by atoms with Crippen LogP contribution in [0.25, 0.3) is 0 Å². The van der Waals surface area contributed by atoms with Crippen LogP contribution in [0.15, 0.2) is 18.3 Å². The number of alkyl halides is 3. The minimum atomic E-state index is -4.33. The lowest BCUT2D eigenvalue weighted by molar-refractivity contribution is -0.137. The quantitative estimate of drug-likeness (QED) is 0.631. The molecule has 0 atom stereocenters. The van der Waals surface area contributed by atoms with E-state index in [4.69, 9.17) is 15.6 Å². The number of nitrogens with zero attached hydrogens (tertiary/aromatic N) is 1. The Morgan fingerprint density at radius 1 is 1.43 bits per heavy atom. The first-order valence-corrected chi connectivity index (χ1v) is 3.28. The second-order valence-electron chi connectivity index (χ2n) is 2.07. The first-order valence-electron chi connectivity index (χ1n) is 3.28. The summed E-state index contributed by atoms with van der Waals surface area (Å²) in [6.07, 6.45) is -3.63. The molecule has 1 rings (SSSR count). The maximum Gasteiger partial charge on any atom is 0.417 e. The smallest absolute Gasteiger partial charge is 0.417 e. The van der Waals surface area contributed by atoms with E-state index in [0.29, 0.717) is 6.20 Å². The van der Waals surface area contributed by atoms with Crippen molar-refractivity contribution in [1.29, 1.82) is 0 Å². The van der Waals surface area contributed by atoms with E-state index >= 15 is 0 Å². The SMILES string of the molecule is Nc1ccc(C(F)(F)F)cn1.O=CO. The van der Waals surface area contributed by atoms with Gasteiger partial charge in [-0.05, 0) is 12.1 Å².